The molecule has 35 heavy (non-hydrogen) atoms. The number of aliphatic hydroxyl groups is 1. The van der Waals surface area contributed by atoms with Crippen molar-refractivity contribution in [2.45, 2.75) is 62.9 Å². The fourth-order valence-electron chi connectivity index (χ4n) is 3.55. The van der Waals surface area contributed by atoms with E-state index in [1.54, 1.807) is 0 Å². The molecule has 5 unspecified atom stereocenters. The van der Waals surface area contributed by atoms with Crippen LogP contribution in [0, 0.1) is 0 Å². The van der Waals surface area contributed by atoms with Gasteiger partial charge >= 0.3 is 11.9 Å². The molecule has 1 aliphatic heterocycles. The molecule has 1 aliphatic rings. The standard InChI is InChI=1S/C22H30N4O9/c1-11(27)18(26-19(31)14-3-2-8-23-14)21(33)24-15(10-17(29)30)20(32)25-16(22(34)35)9-12-4-6-13(28)7-5-12/h4-7,11,14-16,18,23,27-28H,2-3,8-10H2,1H3,(H,24,33)(H,25,32)(H,26,31)(H,29,30)(H,34,35). The van der Waals surface area contributed by atoms with Gasteiger partial charge in [-0.05, 0) is 44.0 Å². The highest BCUT2D eigenvalue weighted by molar-refractivity contribution is 5.96. The minimum absolute atomic E-state index is 0.0302. The van der Waals surface area contributed by atoms with Gasteiger partial charge in [0, 0.05) is 6.42 Å². The number of carboxylic acids is 2. The van der Waals surface area contributed by atoms with Crippen molar-refractivity contribution < 1.29 is 44.4 Å². The van der Waals surface area contributed by atoms with Crippen LogP contribution in [-0.4, -0.2) is 86.9 Å². The van der Waals surface area contributed by atoms with Crippen LogP contribution >= 0.6 is 0 Å². The molecule has 0 radical (unpaired) electrons. The highest BCUT2D eigenvalue weighted by Crippen LogP contribution is 2.12. The lowest BCUT2D eigenvalue weighted by Gasteiger charge is -2.26. The number of hydrogen-bond donors (Lipinski definition) is 8. The van der Waals surface area contributed by atoms with Gasteiger partial charge in [0.15, 0.2) is 0 Å². The van der Waals surface area contributed by atoms with Crippen molar-refractivity contribution in [3.63, 3.8) is 0 Å². The SMILES string of the molecule is CC(O)C(NC(=O)C1CCCN1)C(=O)NC(CC(=O)O)C(=O)NC(Cc1ccc(O)cc1)C(=O)O. The first-order valence-corrected chi connectivity index (χ1v) is 11.0. The van der Waals surface area contributed by atoms with Crippen molar-refractivity contribution in [2.75, 3.05) is 6.54 Å². The van der Waals surface area contributed by atoms with Crippen LogP contribution in [0.25, 0.3) is 0 Å². The molecule has 5 atom stereocenters. The second-order valence-corrected chi connectivity index (χ2v) is 8.30. The summed E-state index contributed by atoms with van der Waals surface area (Å²) >= 11 is 0. The second kappa shape index (κ2) is 12.7. The second-order valence-electron chi connectivity index (χ2n) is 8.30. The number of benzene rings is 1. The van der Waals surface area contributed by atoms with Crippen LogP contribution in [0.5, 0.6) is 5.75 Å². The fraction of sp³-hybridized carbons (Fsp3) is 0.500. The number of hydrogen-bond acceptors (Lipinski definition) is 8. The minimum atomic E-state index is -1.68. The van der Waals surface area contributed by atoms with Crippen molar-refractivity contribution in [3.05, 3.63) is 29.8 Å². The minimum Gasteiger partial charge on any atom is -0.508 e. The van der Waals surface area contributed by atoms with E-state index < -0.39 is 66.4 Å². The topological polar surface area (TPSA) is 214 Å². The lowest BCUT2D eigenvalue weighted by molar-refractivity contribution is -0.143. The van der Waals surface area contributed by atoms with Crippen molar-refractivity contribution in [1.82, 2.24) is 21.3 Å². The zero-order chi connectivity index (χ0) is 26.1. The van der Waals surface area contributed by atoms with Crippen LogP contribution in [0.15, 0.2) is 24.3 Å². The lowest BCUT2D eigenvalue weighted by atomic mass is 10.0. The molecule has 0 spiro atoms. The number of carbonyl (C=O) groups is 5. The van der Waals surface area contributed by atoms with Gasteiger partial charge in [0.25, 0.3) is 0 Å². The molecule has 8 N–H and O–H groups in total. The normalized spacial score (nSPS) is 18.5. The highest BCUT2D eigenvalue weighted by Gasteiger charge is 2.34. The largest absolute Gasteiger partial charge is 0.508 e. The molecular weight excluding hydrogens is 464 g/mol. The molecule has 192 valence electrons. The zero-order valence-electron chi connectivity index (χ0n) is 19.1. The first kappa shape index (κ1) is 27.5. The maximum Gasteiger partial charge on any atom is 0.326 e. The number of amides is 3. The molecule has 0 aromatic heterocycles. The van der Waals surface area contributed by atoms with Gasteiger partial charge < -0.3 is 41.7 Å². The third-order valence-corrected chi connectivity index (χ3v) is 5.44. The maximum atomic E-state index is 12.8. The Bertz CT molecular complexity index is 929. The Morgan fingerprint density at radius 3 is 2.14 bits per heavy atom. The van der Waals surface area contributed by atoms with Crippen molar-refractivity contribution >= 4 is 29.7 Å². The van der Waals surface area contributed by atoms with Crippen molar-refractivity contribution in [3.8, 4) is 5.75 Å². The predicted molar refractivity (Wildman–Crippen MR) is 120 cm³/mol. The molecule has 1 saturated heterocycles. The first-order chi connectivity index (χ1) is 16.5. The Kier molecular flexibility index (Phi) is 9.97. The number of carbonyl (C=O) groups excluding carboxylic acids is 3. The Balaban J connectivity index is 2.10. The van der Waals surface area contributed by atoms with E-state index in [9.17, 15) is 44.4 Å². The van der Waals surface area contributed by atoms with Gasteiger partial charge in [-0.3, -0.25) is 19.2 Å². The quantitative estimate of drug-likeness (QED) is 0.161. The van der Waals surface area contributed by atoms with Gasteiger partial charge in [-0.15, -0.1) is 0 Å². The summed E-state index contributed by atoms with van der Waals surface area (Å²) in [5.41, 5.74) is 0.478. The first-order valence-electron chi connectivity index (χ1n) is 11.0. The van der Waals surface area contributed by atoms with Crippen LogP contribution in [0.3, 0.4) is 0 Å². The average molecular weight is 495 g/mol. The molecule has 1 heterocycles. The maximum absolute atomic E-state index is 12.8. The summed E-state index contributed by atoms with van der Waals surface area (Å²) in [4.78, 5) is 60.8. The molecule has 13 heteroatoms. The number of nitrogens with one attached hydrogen (secondary N) is 4. The predicted octanol–water partition coefficient (Wildman–Crippen LogP) is -1.92. The van der Waals surface area contributed by atoms with E-state index in [1.807, 2.05) is 0 Å². The zero-order valence-corrected chi connectivity index (χ0v) is 19.1. The van der Waals surface area contributed by atoms with Crippen LogP contribution in [-0.2, 0) is 30.4 Å². The van der Waals surface area contributed by atoms with Crippen LogP contribution in [0.1, 0.15) is 31.7 Å². The summed E-state index contributed by atoms with van der Waals surface area (Å²) in [5, 5.41) is 47.8. The molecule has 1 aromatic rings. The van der Waals surface area contributed by atoms with E-state index >= 15 is 0 Å². The number of carboxylic acid groups (broad SMARTS) is 2. The Labute approximate surface area is 200 Å². The van der Waals surface area contributed by atoms with Gasteiger partial charge in [0.1, 0.15) is 23.9 Å². The van der Waals surface area contributed by atoms with Crippen LogP contribution in [0.2, 0.25) is 0 Å². The highest BCUT2D eigenvalue weighted by atomic mass is 16.4. The van der Waals surface area contributed by atoms with Gasteiger partial charge in [-0.2, -0.15) is 0 Å². The smallest absolute Gasteiger partial charge is 0.326 e. The Morgan fingerprint density at radius 1 is 1.00 bits per heavy atom. The molecule has 3 amide bonds. The van der Waals surface area contributed by atoms with E-state index in [1.165, 1.54) is 31.2 Å². The van der Waals surface area contributed by atoms with E-state index in [-0.39, 0.29) is 12.2 Å². The molecule has 0 bridgehead atoms. The number of phenolic OH excluding ortho intramolecular Hbond substituents is 1. The van der Waals surface area contributed by atoms with Crippen LogP contribution in [0.4, 0.5) is 0 Å². The fourth-order valence-corrected chi connectivity index (χ4v) is 3.55. The van der Waals surface area contributed by atoms with E-state index in [0.29, 0.717) is 18.5 Å². The Morgan fingerprint density at radius 2 is 1.63 bits per heavy atom. The van der Waals surface area contributed by atoms with Crippen molar-refractivity contribution in [1.29, 1.82) is 0 Å². The summed E-state index contributed by atoms with van der Waals surface area (Å²) in [6, 6.07) is 0.459. The number of phenols is 1. The average Bonchev–Trinajstić information content (AvgIpc) is 3.32. The summed E-state index contributed by atoms with van der Waals surface area (Å²) in [6.07, 6.45) is -1.10. The lowest BCUT2D eigenvalue weighted by Crippen LogP contribution is -2.60. The number of aliphatic hydroxyl groups excluding tert-OH is 1. The van der Waals surface area contributed by atoms with E-state index in [0.717, 1.165) is 6.42 Å². The molecule has 0 saturated carbocycles. The monoisotopic (exact) mass is 494 g/mol. The molecule has 1 aromatic carbocycles. The number of aromatic hydroxyl groups is 1. The summed E-state index contributed by atoms with van der Waals surface area (Å²) in [6.45, 7) is 1.87. The van der Waals surface area contributed by atoms with Crippen molar-refractivity contribution in [2.24, 2.45) is 0 Å². The van der Waals surface area contributed by atoms with Gasteiger partial charge in [-0.1, -0.05) is 12.1 Å². The molecular formula is C22H30N4O9. The third-order valence-electron chi connectivity index (χ3n) is 5.44. The summed E-state index contributed by atoms with van der Waals surface area (Å²) in [5.74, 6) is -5.47. The van der Waals surface area contributed by atoms with Crippen LogP contribution < -0.4 is 21.3 Å². The van der Waals surface area contributed by atoms with Gasteiger partial charge in [0.2, 0.25) is 17.7 Å². The van der Waals surface area contributed by atoms with Gasteiger partial charge in [0.05, 0.1) is 18.6 Å². The molecule has 13 nitrogen and oxygen atoms in total. The number of rotatable bonds is 12. The molecule has 1 fully saturated rings. The van der Waals surface area contributed by atoms with E-state index in [2.05, 4.69) is 21.3 Å². The molecule has 0 aliphatic carbocycles. The van der Waals surface area contributed by atoms with E-state index in [4.69, 9.17) is 0 Å². The Hall–Kier alpha value is -3.71. The summed E-state index contributed by atoms with van der Waals surface area (Å²) in [7, 11) is 0. The van der Waals surface area contributed by atoms with Gasteiger partial charge in [-0.25, -0.2) is 4.79 Å². The number of aliphatic carboxylic acids is 2. The summed E-state index contributed by atoms with van der Waals surface area (Å²) < 4.78 is 0. The molecule has 2 rings (SSSR count). The third kappa shape index (κ3) is 8.54.